The maximum Gasteiger partial charge on any atom is 0.319 e. The number of benzene rings is 2. The molecule has 0 spiro atoms. The van der Waals surface area contributed by atoms with Gasteiger partial charge in [-0.05, 0) is 42.8 Å². The Morgan fingerprint density at radius 2 is 1.74 bits per heavy atom. The zero-order chi connectivity index (χ0) is 16.7. The van der Waals surface area contributed by atoms with Crippen LogP contribution in [0.25, 0.3) is 0 Å². The van der Waals surface area contributed by atoms with Crippen LogP contribution in [0, 0.1) is 0 Å². The third-order valence-corrected chi connectivity index (χ3v) is 3.31. The van der Waals surface area contributed by atoms with Crippen molar-refractivity contribution in [2.45, 2.75) is 13.3 Å². The highest BCUT2D eigenvalue weighted by molar-refractivity contribution is 6.13. The third-order valence-electron chi connectivity index (χ3n) is 3.31. The van der Waals surface area contributed by atoms with Crippen LogP contribution < -0.4 is 15.4 Å². The summed E-state index contributed by atoms with van der Waals surface area (Å²) in [5, 5.41) is 5.45. The fourth-order valence-corrected chi connectivity index (χ4v) is 2.09. The van der Waals surface area contributed by atoms with E-state index in [2.05, 4.69) is 10.6 Å². The predicted molar refractivity (Wildman–Crippen MR) is 90.2 cm³/mol. The van der Waals surface area contributed by atoms with Gasteiger partial charge in [0.15, 0.2) is 5.78 Å². The van der Waals surface area contributed by atoms with Gasteiger partial charge in [0, 0.05) is 17.7 Å². The number of methoxy groups -OCH3 is 1. The largest absolute Gasteiger partial charge is 0.497 e. The Balaban J connectivity index is 2.21. The highest BCUT2D eigenvalue weighted by Gasteiger charge is 2.14. The van der Waals surface area contributed by atoms with Gasteiger partial charge in [-0.2, -0.15) is 0 Å². The number of hydrogen-bond donors (Lipinski definition) is 2. The zero-order valence-electron chi connectivity index (χ0n) is 13.3. The fraction of sp³-hybridized carbons (Fsp3) is 0.222. The number of ketones is 1. The monoisotopic (exact) mass is 312 g/mol. The Kier molecular flexibility index (Phi) is 5.74. The molecule has 2 N–H and O–H groups in total. The lowest BCUT2D eigenvalue weighted by Gasteiger charge is -2.11. The summed E-state index contributed by atoms with van der Waals surface area (Å²) in [6, 6.07) is 13.5. The maximum atomic E-state index is 12.6. The first-order valence-electron chi connectivity index (χ1n) is 7.48. The van der Waals surface area contributed by atoms with Crippen LogP contribution in [0.3, 0.4) is 0 Å². The van der Waals surface area contributed by atoms with E-state index in [1.807, 2.05) is 6.92 Å². The highest BCUT2D eigenvalue weighted by Crippen LogP contribution is 2.21. The third kappa shape index (κ3) is 4.32. The molecule has 2 amide bonds. The lowest BCUT2D eigenvalue weighted by molar-refractivity contribution is 0.103. The number of amides is 2. The molecule has 0 aliphatic carbocycles. The summed E-state index contributed by atoms with van der Waals surface area (Å²) in [5.74, 6) is 0.533. The van der Waals surface area contributed by atoms with Gasteiger partial charge in [-0.15, -0.1) is 0 Å². The molecule has 0 aliphatic rings. The normalized spacial score (nSPS) is 10.0. The summed E-state index contributed by atoms with van der Waals surface area (Å²) in [4.78, 5) is 24.5. The van der Waals surface area contributed by atoms with E-state index >= 15 is 0 Å². The van der Waals surface area contributed by atoms with Crippen LogP contribution >= 0.6 is 0 Å². The van der Waals surface area contributed by atoms with Gasteiger partial charge in [-0.1, -0.05) is 19.1 Å². The van der Waals surface area contributed by atoms with E-state index in [1.165, 1.54) is 0 Å². The number of carbonyl (C=O) groups is 2. The van der Waals surface area contributed by atoms with Crippen molar-refractivity contribution >= 4 is 17.5 Å². The van der Waals surface area contributed by atoms with Gasteiger partial charge in [0.25, 0.3) is 0 Å². The minimum Gasteiger partial charge on any atom is -0.497 e. The number of nitrogens with one attached hydrogen (secondary N) is 2. The average Bonchev–Trinajstić information content (AvgIpc) is 2.60. The van der Waals surface area contributed by atoms with Crippen LogP contribution in [-0.4, -0.2) is 25.5 Å². The van der Waals surface area contributed by atoms with Crippen molar-refractivity contribution in [3.05, 3.63) is 59.7 Å². The summed E-state index contributed by atoms with van der Waals surface area (Å²) in [6.07, 6.45) is 0.847. The van der Waals surface area contributed by atoms with Crippen molar-refractivity contribution in [1.82, 2.24) is 5.32 Å². The van der Waals surface area contributed by atoms with Crippen molar-refractivity contribution in [2.24, 2.45) is 0 Å². The van der Waals surface area contributed by atoms with E-state index in [0.717, 1.165) is 6.42 Å². The standard InChI is InChI=1S/C18H20N2O3/c1-3-12-19-18(22)20-16-7-5-4-6-15(16)17(21)13-8-10-14(23-2)11-9-13/h4-11H,3,12H2,1-2H3,(H2,19,20,22). The summed E-state index contributed by atoms with van der Waals surface area (Å²) in [7, 11) is 1.57. The van der Waals surface area contributed by atoms with Gasteiger partial charge in [0.05, 0.1) is 12.8 Å². The van der Waals surface area contributed by atoms with Crippen LogP contribution in [0.5, 0.6) is 5.75 Å². The number of rotatable bonds is 6. The van der Waals surface area contributed by atoms with Crippen LogP contribution in [0.15, 0.2) is 48.5 Å². The summed E-state index contributed by atoms with van der Waals surface area (Å²) >= 11 is 0. The molecule has 5 nitrogen and oxygen atoms in total. The molecule has 5 heteroatoms. The minimum absolute atomic E-state index is 0.154. The van der Waals surface area contributed by atoms with Gasteiger partial charge in [0.2, 0.25) is 0 Å². The summed E-state index contributed by atoms with van der Waals surface area (Å²) < 4.78 is 5.09. The number of carbonyl (C=O) groups excluding carboxylic acids is 2. The molecule has 120 valence electrons. The second kappa shape index (κ2) is 7.98. The molecule has 0 atom stereocenters. The number of para-hydroxylation sites is 1. The molecule has 0 heterocycles. The van der Waals surface area contributed by atoms with Crippen LogP contribution in [0.4, 0.5) is 10.5 Å². The van der Waals surface area contributed by atoms with Crippen LogP contribution in [-0.2, 0) is 0 Å². The number of hydrogen-bond acceptors (Lipinski definition) is 3. The van der Waals surface area contributed by atoms with Gasteiger partial charge >= 0.3 is 6.03 Å². The second-order valence-electron chi connectivity index (χ2n) is 4.98. The first-order chi connectivity index (χ1) is 11.2. The second-order valence-corrected chi connectivity index (χ2v) is 4.98. The van der Waals surface area contributed by atoms with Crippen molar-refractivity contribution < 1.29 is 14.3 Å². The van der Waals surface area contributed by atoms with Gasteiger partial charge in [-0.25, -0.2) is 4.79 Å². The van der Waals surface area contributed by atoms with Gasteiger partial charge in [0.1, 0.15) is 5.75 Å². The molecule has 0 aromatic heterocycles. The minimum atomic E-state index is -0.318. The van der Waals surface area contributed by atoms with Gasteiger partial charge in [-0.3, -0.25) is 4.79 Å². The molecule has 0 saturated heterocycles. The lowest BCUT2D eigenvalue weighted by atomic mass is 10.0. The topological polar surface area (TPSA) is 67.4 Å². The Labute approximate surface area is 135 Å². The zero-order valence-corrected chi connectivity index (χ0v) is 13.3. The fourth-order valence-electron chi connectivity index (χ4n) is 2.09. The molecule has 0 unspecified atom stereocenters. The summed E-state index contributed by atoms with van der Waals surface area (Å²) in [6.45, 7) is 2.56. The van der Waals surface area contributed by atoms with Crippen molar-refractivity contribution in [1.29, 1.82) is 0 Å². The Hall–Kier alpha value is -2.82. The number of urea groups is 1. The quantitative estimate of drug-likeness (QED) is 0.803. The predicted octanol–water partition coefficient (Wildman–Crippen LogP) is 3.46. The van der Waals surface area contributed by atoms with Crippen LogP contribution in [0.2, 0.25) is 0 Å². The molecule has 0 radical (unpaired) electrons. The van der Waals surface area contributed by atoms with E-state index < -0.39 is 0 Å². The number of ether oxygens (including phenoxy) is 1. The van der Waals surface area contributed by atoms with Gasteiger partial charge < -0.3 is 15.4 Å². The smallest absolute Gasteiger partial charge is 0.319 e. The van der Waals surface area contributed by atoms with Crippen molar-refractivity contribution in [2.75, 3.05) is 19.0 Å². The van der Waals surface area contributed by atoms with E-state index in [4.69, 9.17) is 4.74 Å². The molecule has 0 saturated carbocycles. The van der Waals surface area contributed by atoms with E-state index in [0.29, 0.717) is 29.1 Å². The summed E-state index contributed by atoms with van der Waals surface area (Å²) in [5.41, 5.74) is 1.47. The Morgan fingerprint density at radius 1 is 1.04 bits per heavy atom. The average molecular weight is 312 g/mol. The molecular weight excluding hydrogens is 292 g/mol. The first kappa shape index (κ1) is 16.5. The van der Waals surface area contributed by atoms with Crippen LogP contribution in [0.1, 0.15) is 29.3 Å². The van der Waals surface area contributed by atoms with E-state index in [9.17, 15) is 9.59 Å². The number of anilines is 1. The van der Waals surface area contributed by atoms with Crippen molar-refractivity contribution in [3.63, 3.8) is 0 Å². The Morgan fingerprint density at radius 3 is 2.39 bits per heavy atom. The maximum absolute atomic E-state index is 12.6. The highest BCUT2D eigenvalue weighted by atomic mass is 16.5. The molecule has 0 bridgehead atoms. The molecule has 0 aliphatic heterocycles. The molecule has 0 fully saturated rings. The SMILES string of the molecule is CCCNC(=O)Nc1ccccc1C(=O)c1ccc(OC)cc1. The first-order valence-corrected chi connectivity index (χ1v) is 7.48. The molecule has 2 aromatic carbocycles. The van der Waals surface area contributed by atoms with Crippen molar-refractivity contribution in [3.8, 4) is 5.75 Å². The van der Waals surface area contributed by atoms with E-state index in [-0.39, 0.29) is 11.8 Å². The van der Waals surface area contributed by atoms with E-state index in [1.54, 1.807) is 55.6 Å². The molecule has 23 heavy (non-hydrogen) atoms. The lowest BCUT2D eigenvalue weighted by Crippen LogP contribution is -2.29. The molecule has 2 rings (SSSR count). The molecular formula is C18H20N2O3. The molecule has 2 aromatic rings. The Bertz CT molecular complexity index is 681.